The Kier molecular flexibility index (Phi) is 5.50. The number of benzene rings is 2. The second kappa shape index (κ2) is 8.20. The van der Waals surface area contributed by atoms with E-state index in [1.54, 1.807) is 0 Å². The van der Waals surface area contributed by atoms with Gasteiger partial charge in [0, 0.05) is 42.2 Å². The van der Waals surface area contributed by atoms with Gasteiger partial charge in [0.25, 0.3) is 0 Å². The van der Waals surface area contributed by atoms with Crippen molar-refractivity contribution in [2.75, 3.05) is 29.4 Å². The first-order chi connectivity index (χ1) is 15.3. The minimum atomic E-state index is -0.672. The zero-order valence-electron chi connectivity index (χ0n) is 19.1. The van der Waals surface area contributed by atoms with Crippen LogP contribution < -0.4 is 9.80 Å². The summed E-state index contributed by atoms with van der Waals surface area (Å²) in [5.74, 6) is 2.14. The molecule has 1 fully saturated rings. The maximum Gasteiger partial charge on any atom is 0.136 e. The lowest BCUT2D eigenvalue weighted by Gasteiger charge is -2.40. The zero-order chi connectivity index (χ0) is 22.5. The lowest BCUT2D eigenvalue weighted by molar-refractivity contribution is 0.0446. The highest BCUT2D eigenvalue weighted by atomic mass is 35.5. The number of halogens is 1. The van der Waals surface area contributed by atoms with E-state index < -0.39 is 5.60 Å². The summed E-state index contributed by atoms with van der Waals surface area (Å²) in [7, 11) is 0. The molecule has 0 aliphatic carbocycles. The van der Waals surface area contributed by atoms with Crippen LogP contribution in [0.15, 0.2) is 36.4 Å². The van der Waals surface area contributed by atoms with Gasteiger partial charge >= 0.3 is 0 Å². The molecular formula is C26H31ClN4O. The van der Waals surface area contributed by atoms with E-state index in [9.17, 15) is 5.11 Å². The van der Waals surface area contributed by atoms with Crippen LogP contribution in [0.2, 0.25) is 5.02 Å². The van der Waals surface area contributed by atoms with Crippen LogP contribution in [0.5, 0.6) is 0 Å². The van der Waals surface area contributed by atoms with Crippen LogP contribution in [0.4, 0.5) is 11.5 Å². The number of aliphatic hydroxyl groups is 1. The van der Waals surface area contributed by atoms with E-state index in [-0.39, 0.29) is 5.92 Å². The van der Waals surface area contributed by atoms with Crippen LogP contribution in [0.1, 0.15) is 56.6 Å². The Morgan fingerprint density at radius 1 is 1.06 bits per heavy atom. The first-order valence-corrected chi connectivity index (χ1v) is 12.0. The van der Waals surface area contributed by atoms with Gasteiger partial charge in [-0.05, 0) is 43.7 Å². The SMILES string of the molecule is CC(C)c1nc2c(c(N3CCC[C@@](C)(O)C3)n1)CCN(c1cccc3cccc(Cl)c13)C2. The second-order valence-electron chi connectivity index (χ2n) is 9.79. The zero-order valence-corrected chi connectivity index (χ0v) is 19.9. The van der Waals surface area contributed by atoms with Gasteiger partial charge in [0.05, 0.1) is 22.9 Å². The van der Waals surface area contributed by atoms with Crippen molar-refractivity contribution in [3.8, 4) is 0 Å². The summed E-state index contributed by atoms with van der Waals surface area (Å²) in [5.41, 5.74) is 2.81. The summed E-state index contributed by atoms with van der Waals surface area (Å²) >= 11 is 6.62. The molecular weight excluding hydrogens is 420 g/mol. The van der Waals surface area contributed by atoms with Crippen molar-refractivity contribution >= 4 is 33.9 Å². The molecule has 0 bridgehead atoms. The molecule has 0 saturated carbocycles. The first-order valence-electron chi connectivity index (χ1n) is 11.6. The van der Waals surface area contributed by atoms with Crippen molar-refractivity contribution in [1.29, 1.82) is 0 Å². The fourth-order valence-electron chi connectivity index (χ4n) is 5.10. The molecule has 5 rings (SSSR count). The summed E-state index contributed by atoms with van der Waals surface area (Å²) in [4.78, 5) is 14.7. The summed E-state index contributed by atoms with van der Waals surface area (Å²) in [6, 6.07) is 12.5. The average molecular weight is 451 g/mol. The number of fused-ring (bicyclic) bond motifs is 2. The number of anilines is 2. The number of rotatable bonds is 3. The molecule has 0 amide bonds. The van der Waals surface area contributed by atoms with E-state index in [0.717, 1.165) is 77.7 Å². The van der Waals surface area contributed by atoms with E-state index in [0.29, 0.717) is 6.54 Å². The van der Waals surface area contributed by atoms with Crippen molar-refractivity contribution in [2.45, 2.75) is 58.1 Å². The molecule has 5 nitrogen and oxygen atoms in total. The number of β-amino-alcohol motifs (C(OH)–C–C–N with tert-alkyl or cyclic N) is 1. The van der Waals surface area contributed by atoms with Crippen molar-refractivity contribution in [1.82, 2.24) is 9.97 Å². The number of aromatic nitrogens is 2. The van der Waals surface area contributed by atoms with E-state index in [4.69, 9.17) is 21.6 Å². The van der Waals surface area contributed by atoms with Gasteiger partial charge in [0.2, 0.25) is 0 Å². The van der Waals surface area contributed by atoms with Gasteiger partial charge in [-0.1, -0.05) is 49.7 Å². The molecule has 0 spiro atoms. The Morgan fingerprint density at radius 2 is 1.84 bits per heavy atom. The molecule has 2 aliphatic rings. The van der Waals surface area contributed by atoms with Crippen LogP contribution >= 0.6 is 11.6 Å². The third-order valence-corrected chi connectivity index (χ3v) is 7.04. The number of hydrogen-bond acceptors (Lipinski definition) is 5. The lowest BCUT2D eigenvalue weighted by atomic mass is 9.94. The third-order valence-electron chi connectivity index (χ3n) is 6.72. The van der Waals surface area contributed by atoms with Gasteiger partial charge in [-0.3, -0.25) is 0 Å². The molecule has 168 valence electrons. The molecule has 3 aromatic rings. The molecule has 6 heteroatoms. The minimum Gasteiger partial charge on any atom is -0.388 e. The van der Waals surface area contributed by atoms with Crippen molar-refractivity contribution in [3.63, 3.8) is 0 Å². The van der Waals surface area contributed by atoms with Crippen molar-refractivity contribution < 1.29 is 5.11 Å². The maximum absolute atomic E-state index is 10.7. The fourth-order valence-corrected chi connectivity index (χ4v) is 5.37. The molecule has 1 aromatic heterocycles. The topological polar surface area (TPSA) is 52.5 Å². The maximum atomic E-state index is 10.7. The van der Waals surface area contributed by atoms with E-state index in [1.165, 1.54) is 5.56 Å². The summed E-state index contributed by atoms with van der Waals surface area (Å²) in [5, 5.41) is 13.7. The smallest absolute Gasteiger partial charge is 0.136 e. The fraction of sp³-hybridized carbons (Fsp3) is 0.462. The van der Waals surface area contributed by atoms with Crippen molar-refractivity contribution in [3.05, 3.63) is 58.5 Å². The number of hydrogen-bond donors (Lipinski definition) is 1. The molecule has 1 saturated heterocycles. The van der Waals surface area contributed by atoms with E-state index >= 15 is 0 Å². The largest absolute Gasteiger partial charge is 0.388 e. The highest BCUT2D eigenvalue weighted by Crippen LogP contribution is 2.37. The van der Waals surface area contributed by atoms with Gasteiger partial charge in [-0.25, -0.2) is 9.97 Å². The highest BCUT2D eigenvalue weighted by Gasteiger charge is 2.33. The Balaban J connectivity index is 1.56. The average Bonchev–Trinajstić information content (AvgIpc) is 2.77. The number of piperidine rings is 1. The van der Waals surface area contributed by atoms with Crippen LogP contribution in [0, 0.1) is 0 Å². The lowest BCUT2D eigenvalue weighted by Crippen LogP contribution is -2.47. The van der Waals surface area contributed by atoms with Gasteiger partial charge in [-0.2, -0.15) is 0 Å². The predicted octanol–water partition coefficient (Wildman–Crippen LogP) is 5.32. The Morgan fingerprint density at radius 3 is 2.59 bits per heavy atom. The Bertz CT molecular complexity index is 1150. The Hall–Kier alpha value is -2.37. The number of nitrogens with zero attached hydrogens (tertiary/aromatic N) is 4. The summed E-state index contributed by atoms with van der Waals surface area (Å²) in [6.07, 6.45) is 2.69. The van der Waals surface area contributed by atoms with Gasteiger partial charge in [0.15, 0.2) is 0 Å². The van der Waals surface area contributed by atoms with E-state index in [1.807, 2.05) is 19.1 Å². The summed E-state index contributed by atoms with van der Waals surface area (Å²) < 4.78 is 0. The van der Waals surface area contributed by atoms with Crippen molar-refractivity contribution in [2.24, 2.45) is 0 Å². The summed E-state index contributed by atoms with van der Waals surface area (Å²) in [6.45, 7) is 9.39. The van der Waals surface area contributed by atoms with E-state index in [2.05, 4.69) is 47.9 Å². The third kappa shape index (κ3) is 3.93. The highest BCUT2D eigenvalue weighted by molar-refractivity contribution is 6.36. The standard InChI is InChI=1S/C26H31ClN4O/c1-17(2)24-28-21-15-30(22-10-5-8-18-7-4-9-20(27)23(18)22)14-11-19(21)25(29-24)31-13-6-12-26(3,32)16-31/h4-5,7-10,17,32H,6,11-16H2,1-3H3/t26-/m1/s1. The normalized spacial score (nSPS) is 21.3. The second-order valence-corrected chi connectivity index (χ2v) is 10.2. The molecule has 2 aliphatic heterocycles. The molecule has 0 radical (unpaired) electrons. The van der Waals surface area contributed by atoms with Gasteiger partial charge in [-0.15, -0.1) is 0 Å². The quantitative estimate of drug-likeness (QED) is 0.585. The minimum absolute atomic E-state index is 0.242. The van der Waals surface area contributed by atoms with Gasteiger partial charge < -0.3 is 14.9 Å². The monoisotopic (exact) mass is 450 g/mol. The molecule has 1 N–H and O–H groups in total. The van der Waals surface area contributed by atoms with Gasteiger partial charge in [0.1, 0.15) is 11.6 Å². The molecule has 3 heterocycles. The molecule has 0 unspecified atom stereocenters. The van der Waals surface area contributed by atoms with Crippen LogP contribution in [0.3, 0.4) is 0 Å². The molecule has 1 atom stereocenters. The first kappa shape index (κ1) is 21.5. The van der Waals surface area contributed by atoms with Crippen LogP contribution in [-0.2, 0) is 13.0 Å². The van der Waals surface area contributed by atoms with Crippen LogP contribution in [-0.4, -0.2) is 40.3 Å². The predicted molar refractivity (Wildman–Crippen MR) is 132 cm³/mol. The molecule has 2 aromatic carbocycles. The Labute approximate surface area is 195 Å². The van der Waals surface area contributed by atoms with Crippen LogP contribution in [0.25, 0.3) is 10.8 Å². The molecule has 32 heavy (non-hydrogen) atoms.